The van der Waals surface area contributed by atoms with Crippen molar-refractivity contribution >= 4 is 57.3 Å². The molecule has 0 aliphatic carbocycles. The lowest BCUT2D eigenvalue weighted by molar-refractivity contribution is 1.29. The molecule has 2 aliphatic heterocycles. The maximum atomic E-state index is 5.42. The number of fused-ring (bicyclic) bond motifs is 9. The summed E-state index contributed by atoms with van der Waals surface area (Å²) in [5.41, 5.74) is 18.5. The Morgan fingerprint density at radius 1 is 0.333 bits per heavy atom. The number of H-pyrrole nitrogens is 3. The lowest BCUT2D eigenvalue weighted by Crippen LogP contribution is -1.90. The van der Waals surface area contributed by atoms with Crippen molar-refractivity contribution < 1.29 is 0 Å². The number of nitrogens with zero attached hydrogens (tertiary/aromatic N) is 5. The zero-order chi connectivity index (χ0) is 37.7. The summed E-state index contributed by atoms with van der Waals surface area (Å²) in [6.45, 7) is 0. The first-order valence-corrected chi connectivity index (χ1v) is 18.8. The third-order valence-electron chi connectivity index (χ3n) is 10.7. The molecule has 9 aromatic rings. The Bertz CT molecular complexity index is 3170. The highest BCUT2D eigenvalue weighted by Crippen LogP contribution is 2.39. The molecule has 9 heterocycles. The predicted octanol–water partition coefficient (Wildman–Crippen LogP) is 11.7. The highest BCUT2D eigenvalue weighted by atomic mass is 14.8. The molecule has 268 valence electrons. The monoisotopic (exact) mass is 732 g/mol. The molecule has 2 aliphatic rings. The molecule has 0 fully saturated rings. The lowest BCUT2D eigenvalue weighted by Gasteiger charge is -2.07. The van der Waals surface area contributed by atoms with Crippen LogP contribution in [0, 0.1) is 0 Å². The fourth-order valence-electron chi connectivity index (χ4n) is 8.10. The fraction of sp³-hybridized carbons (Fsp3) is 0. The van der Waals surface area contributed by atoms with Gasteiger partial charge < -0.3 is 15.0 Å². The Balaban J connectivity index is 1.24. The van der Waals surface area contributed by atoms with Crippen molar-refractivity contribution in [3.63, 3.8) is 0 Å². The summed E-state index contributed by atoms with van der Waals surface area (Å²) < 4.78 is 0. The summed E-state index contributed by atoms with van der Waals surface area (Å²) in [6.07, 6.45) is 21.4. The van der Waals surface area contributed by atoms with Gasteiger partial charge in [0.25, 0.3) is 0 Å². The maximum Gasteiger partial charge on any atom is 0.0737 e. The summed E-state index contributed by atoms with van der Waals surface area (Å²) >= 11 is 0. The second-order valence-corrected chi connectivity index (χ2v) is 14.0. The zero-order valence-electron chi connectivity index (χ0n) is 30.5. The average Bonchev–Trinajstić information content (AvgIpc) is 4.13. The van der Waals surface area contributed by atoms with E-state index >= 15 is 0 Å². The average molecular weight is 733 g/mol. The molecule has 8 heteroatoms. The van der Waals surface area contributed by atoms with Gasteiger partial charge in [0.05, 0.1) is 22.8 Å². The molecule has 11 rings (SSSR count). The van der Waals surface area contributed by atoms with Crippen molar-refractivity contribution in [3.8, 4) is 55.6 Å². The number of benzene rings is 2. The molecule has 57 heavy (non-hydrogen) atoms. The second kappa shape index (κ2) is 13.4. The molecular formula is C49H32N8. The van der Waals surface area contributed by atoms with Gasteiger partial charge in [0, 0.05) is 104 Å². The van der Waals surface area contributed by atoms with Gasteiger partial charge in [-0.05, 0) is 119 Å². The molecule has 0 saturated heterocycles. The van der Waals surface area contributed by atoms with Gasteiger partial charge in [-0.25, -0.2) is 9.97 Å². The number of nitrogens with one attached hydrogen (secondary N) is 3. The predicted molar refractivity (Wildman–Crippen MR) is 231 cm³/mol. The molecule has 8 bridgehead atoms. The number of aromatic amines is 3. The molecule has 0 atom stereocenters. The first-order valence-electron chi connectivity index (χ1n) is 18.8. The minimum Gasteiger partial charge on any atom is -0.361 e. The molecule has 0 amide bonds. The summed E-state index contributed by atoms with van der Waals surface area (Å²) in [7, 11) is 0. The van der Waals surface area contributed by atoms with Crippen LogP contribution >= 0.6 is 0 Å². The molecule has 0 radical (unpaired) electrons. The Morgan fingerprint density at radius 3 is 1.12 bits per heavy atom. The van der Waals surface area contributed by atoms with Crippen LogP contribution in [0.4, 0.5) is 0 Å². The van der Waals surface area contributed by atoms with Gasteiger partial charge in [0.15, 0.2) is 0 Å². The standard InChI is InChI=1S/C49H32N8/c1-2-4-37-35(3-1)36(29-53-37)30-5-7-31(8-6-30)46-38-9-11-40(54-38)47(32-17-23-50-24-18-32)42-13-15-44(56-42)49(34-21-27-52-28-22-34)45-16-14-43(57-45)48(33-19-25-51-26-20-33)41-12-10-39(46)55-41/h1-29,53-54,57H. The molecule has 0 saturated carbocycles. The van der Waals surface area contributed by atoms with E-state index in [1.54, 1.807) is 0 Å². The van der Waals surface area contributed by atoms with E-state index < -0.39 is 0 Å². The van der Waals surface area contributed by atoms with E-state index in [0.29, 0.717) is 0 Å². The largest absolute Gasteiger partial charge is 0.361 e. The molecule has 7 aromatic heterocycles. The van der Waals surface area contributed by atoms with Gasteiger partial charge >= 0.3 is 0 Å². The summed E-state index contributed by atoms with van der Waals surface area (Å²) in [4.78, 5) is 34.8. The van der Waals surface area contributed by atoms with Crippen LogP contribution in [0.15, 0.2) is 153 Å². The number of rotatable bonds is 5. The Morgan fingerprint density at radius 2 is 0.702 bits per heavy atom. The van der Waals surface area contributed by atoms with Gasteiger partial charge in [-0.2, -0.15) is 0 Å². The van der Waals surface area contributed by atoms with E-state index in [1.807, 2.05) is 73.6 Å². The van der Waals surface area contributed by atoms with Gasteiger partial charge in [-0.3, -0.25) is 15.0 Å². The van der Waals surface area contributed by atoms with Crippen LogP contribution in [-0.2, 0) is 0 Å². The van der Waals surface area contributed by atoms with E-state index in [-0.39, 0.29) is 0 Å². The summed E-state index contributed by atoms with van der Waals surface area (Å²) in [5, 5.41) is 1.19. The van der Waals surface area contributed by atoms with Crippen LogP contribution in [-0.4, -0.2) is 39.9 Å². The van der Waals surface area contributed by atoms with E-state index in [2.05, 4.69) is 133 Å². The Labute approximate surface area is 327 Å². The summed E-state index contributed by atoms with van der Waals surface area (Å²) in [5.74, 6) is 0. The normalized spacial score (nSPS) is 12.1. The fourth-order valence-corrected chi connectivity index (χ4v) is 8.10. The summed E-state index contributed by atoms with van der Waals surface area (Å²) in [6, 6.07) is 37.9. The number of pyridine rings is 3. The first-order chi connectivity index (χ1) is 28.2. The van der Waals surface area contributed by atoms with Crippen LogP contribution in [0.1, 0.15) is 22.8 Å². The molecule has 2 aromatic carbocycles. The number of para-hydroxylation sites is 1. The van der Waals surface area contributed by atoms with Crippen LogP contribution in [0.5, 0.6) is 0 Å². The Hall–Kier alpha value is -7.97. The van der Waals surface area contributed by atoms with E-state index in [9.17, 15) is 0 Å². The van der Waals surface area contributed by atoms with Crippen LogP contribution < -0.4 is 0 Å². The van der Waals surface area contributed by atoms with Crippen molar-refractivity contribution in [3.05, 3.63) is 175 Å². The third kappa shape index (κ3) is 5.66. The number of aromatic nitrogens is 8. The molecule has 8 nitrogen and oxygen atoms in total. The van der Waals surface area contributed by atoms with Gasteiger partial charge in [-0.15, -0.1) is 0 Å². The lowest BCUT2D eigenvalue weighted by atomic mass is 9.99. The van der Waals surface area contributed by atoms with Crippen molar-refractivity contribution in [2.45, 2.75) is 0 Å². The topological polar surface area (TPSA) is 112 Å². The zero-order valence-corrected chi connectivity index (χ0v) is 30.5. The van der Waals surface area contributed by atoms with Crippen LogP contribution in [0.2, 0.25) is 0 Å². The van der Waals surface area contributed by atoms with E-state index in [4.69, 9.17) is 9.97 Å². The van der Waals surface area contributed by atoms with Crippen molar-refractivity contribution in [2.24, 2.45) is 0 Å². The van der Waals surface area contributed by atoms with Gasteiger partial charge in [0.1, 0.15) is 0 Å². The first kappa shape index (κ1) is 32.5. The number of hydrogen-bond donors (Lipinski definition) is 3. The highest BCUT2D eigenvalue weighted by Gasteiger charge is 2.19. The van der Waals surface area contributed by atoms with Crippen molar-refractivity contribution in [1.29, 1.82) is 0 Å². The number of hydrogen-bond acceptors (Lipinski definition) is 5. The Kier molecular flexibility index (Phi) is 7.63. The quantitative estimate of drug-likeness (QED) is 0.163. The molecular weight excluding hydrogens is 701 g/mol. The third-order valence-corrected chi connectivity index (χ3v) is 10.7. The molecule has 3 N–H and O–H groups in total. The van der Waals surface area contributed by atoms with Crippen LogP contribution in [0.25, 0.3) is 113 Å². The van der Waals surface area contributed by atoms with Gasteiger partial charge in [-0.1, -0.05) is 42.5 Å². The smallest absolute Gasteiger partial charge is 0.0737 e. The van der Waals surface area contributed by atoms with Crippen molar-refractivity contribution in [2.75, 3.05) is 0 Å². The minimum absolute atomic E-state index is 0.844. The minimum atomic E-state index is 0.844. The highest BCUT2D eigenvalue weighted by molar-refractivity contribution is 6.00. The molecule has 0 unspecified atom stereocenters. The SMILES string of the molecule is C1=Cc2nc1c(-c1ccncc1)c1ccc([nH]1)c(-c1ccncc1)c1nc(c(-c3ccc(-c4c[nH]c5ccccc45)cc3)c3ccc([nH]3)c2-c2ccncc2)C=C1. The maximum absolute atomic E-state index is 5.42. The second-order valence-electron chi connectivity index (χ2n) is 14.0. The van der Waals surface area contributed by atoms with Crippen molar-refractivity contribution in [1.82, 2.24) is 39.9 Å². The van der Waals surface area contributed by atoms with Crippen LogP contribution in [0.3, 0.4) is 0 Å². The van der Waals surface area contributed by atoms with E-state index in [1.165, 1.54) is 10.9 Å². The molecule has 0 spiro atoms. The van der Waals surface area contributed by atoms with Gasteiger partial charge in [0.2, 0.25) is 0 Å². The van der Waals surface area contributed by atoms with E-state index in [0.717, 1.165) is 100 Å².